The van der Waals surface area contributed by atoms with Crippen LogP contribution in [0.3, 0.4) is 0 Å². The maximum Gasteiger partial charge on any atom is 0.471 e. The van der Waals surface area contributed by atoms with E-state index in [9.17, 15) is 22.8 Å². The van der Waals surface area contributed by atoms with Crippen LogP contribution in [0.5, 0.6) is 11.5 Å². The van der Waals surface area contributed by atoms with Crippen molar-refractivity contribution in [3.63, 3.8) is 0 Å². The molecule has 0 aliphatic heterocycles. The molecule has 0 saturated carbocycles. The molecule has 2 aromatic rings. The molecule has 0 aliphatic rings. The molecule has 0 fully saturated rings. The number of para-hydroxylation sites is 1. The van der Waals surface area contributed by atoms with E-state index in [1.54, 1.807) is 24.3 Å². The lowest BCUT2D eigenvalue weighted by atomic mass is 10.3. The quantitative estimate of drug-likeness (QED) is 0.880. The van der Waals surface area contributed by atoms with Gasteiger partial charge in [0, 0.05) is 5.69 Å². The Morgan fingerprint density at radius 1 is 0.917 bits per heavy atom. The van der Waals surface area contributed by atoms with Gasteiger partial charge in [-0.3, -0.25) is 9.59 Å². The molecule has 24 heavy (non-hydrogen) atoms. The van der Waals surface area contributed by atoms with Crippen LogP contribution in [0.25, 0.3) is 0 Å². The minimum atomic E-state index is -5.02. The average molecular weight is 338 g/mol. The van der Waals surface area contributed by atoms with Gasteiger partial charge in [-0.15, -0.1) is 0 Å². The number of ether oxygens (including phenoxy) is 1. The number of hydrogen-bond donors (Lipinski definition) is 2. The first-order chi connectivity index (χ1) is 11.3. The van der Waals surface area contributed by atoms with E-state index in [1.807, 2.05) is 18.2 Å². The highest BCUT2D eigenvalue weighted by molar-refractivity contribution is 5.95. The molecule has 0 bridgehead atoms. The summed E-state index contributed by atoms with van der Waals surface area (Å²) in [5.74, 6) is -1.76. The summed E-state index contributed by atoms with van der Waals surface area (Å²) < 4.78 is 41.5. The molecular weight excluding hydrogens is 325 g/mol. The second-order valence-electron chi connectivity index (χ2n) is 4.67. The van der Waals surface area contributed by atoms with Crippen molar-refractivity contribution in [2.24, 2.45) is 0 Å². The second kappa shape index (κ2) is 7.49. The van der Waals surface area contributed by atoms with Crippen LogP contribution in [0, 0.1) is 0 Å². The summed E-state index contributed by atoms with van der Waals surface area (Å²) in [7, 11) is 0. The Kier molecular flexibility index (Phi) is 5.41. The van der Waals surface area contributed by atoms with Gasteiger partial charge in [-0.1, -0.05) is 18.2 Å². The molecule has 0 spiro atoms. The third kappa shape index (κ3) is 5.31. The zero-order chi connectivity index (χ0) is 17.6. The Bertz CT molecular complexity index is 701. The van der Waals surface area contributed by atoms with Crippen LogP contribution in [0.4, 0.5) is 18.9 Å². The summed E-state index contributed by atoms with van der Waals surface area (Å²) in [4.78, 5) is 22.1. The normalized spacial score (nSPS) is 10.8. The first kappa shape index (κ1) is 17.3. The molecule has 0 unspecified atom stereocenters. The summed E-state index contributed by atoms with van der Waals surface area (Å²) in [6.07, 6.45) is -5.02. The van der Waals surface area contributed by atoms with Gasteiger partial charge in [0.05, 0.1) is 6.54 Å². The van der Waals surface area contributed by atoms with Gasteiger partial charge in [-0.05, 0) is 36.4 Å². The van der Waals surface area contributed by atoms with Crippen LogP contribution in [0.1, 0.15) is 0 Å². The van der Waals surface area contributed by atoms with Crippen molar-refractivity contribution in [1.82, 2.24) is 5.32 Å². The van der Waals surface area contributed by atoms with E-state index in [0.717, 1.165) is 0 Å². The SMILES string of the molecule is O=C(CNC(=O)C(F)(F)F)Nc1ccc(Oc2ccccc2)cc1. The number of benzene rings is 2. The Balaban J connectivity index is 1.85. The summed E-state index contributed by atoms with van der Waals surface area (Å²) >= 11 is 0. The monoisotopic (exact) mass is 338 g/mol. The van der Waals surface area contributed by atoms with Crippen molar-refractivity contribution in [3.05, 3.63) is 54.6 Å². The fourth-order valence-corrected chi connectivity index (χ4v) is 1.70. The second-order valence-corrected chi connectivity index (χ2v) is 4.67. The highest BCUT2D eigenvalue weighted by Gasteiger charge is 2.38. The molecule has 2 amide bonds. The summed E-state index contributed by atoms with van der Waals surface area (Å²) in [6.45, 7) is -0.777. The Hall–Kier alpha value is -3.03. The van der Waals surface area contributed by atoms with Crippen molar-refractivity contribution in [1.29, 1.82) is 0 Å². The van der Waals surface area contributed by atoms with Gasteiger partial charge in [0.15, 0.2) is 0 Å². The number of hydrogen-bond acceptors (Lipinski definition) is 3. The van der Waals surface area contributed by atoms with Gasteiger partial charge in [0.2, 0.25) is 5.91 Å². The van der Waals surface area contributed by atoms with Crippen LogP contribution < -0.4 is 15.4 Å². The number of amides is 2. The number of carbonyl (C=O) groups is 2. The van der Waals surface area contributed by atoms with E-state index in [0.29, 0.717) is 17.2 Å². The topological polar surface area (TPSA) is 67.4 Å². The first-order valence-corrected chi connectivity index (χ1v) is 6.82. The number of rotatable bonds is 5. The largest absolute Gasteiger partial charge is 0.471 e. The van der Waals surface area contributed by atoms with Gasteiger partial charge in [0.1, 0.15) is 11.5 Å². The van der Waals surface area contributed by atoms with Crippen LogP contribution in [-0.4, -0.2) is 24.5 Å². The highest BCUT2D eigenvalue weighted by atomic mass is 19.4. The van der Waals surface area contributed by atoms with Crippen molar-refractivity contribution < 1.29 is 27.5 Å². The summed E-state index contributed by atoms with van der Waals surface area (Å²) in [5.41, 5.74) is 0.363. The molecule has 0 heterocycles. The van der Waals surface area contributed by atoms with Gasteiger partial charge in [0.25, 0.3) is 0 Å². The molecule has 5 nitrogen and oxygen atoms in total. The van der Waals surface area contributed by atoms with Gasteiger partial charge in [-0.2, -0.15) is 13.2 Å². The van der Waals surface area contributed by atoms with Gasteiger partial charge in [-0.25, -0.2) is 0 Å². The molecule has 2 rings (SSSR count). The lowest BCUT2D eigenvalue weighted by Gasteiger charge is -2.09. The molecule has 0 aromatic heterocycles. The Morgan fingerprint density at radius 2 is 1.50 bits per heavy atom. The zero-order valence-electron chi connectivity index (χ0n) is 12.3. The molecule has 0 atom stereocenters. The standard InChI is InChI=1S/C16H13F3N2O3/c17-16(18,19)15(23)20-10-14(22)21-11-6-8-13(9-7-11)24-12-4-2-1-3-5-12/h1-9H,10H2,(H,20,23)(H,21,22). The van der Waals surface area contributed by atoms with E-state index in [-0.39, 0.29) is 0 Å². The minimum Gasteiger partial charge on any atom is -0.457 e. The van der Waals surface area contributed by atoms with Crippen molar-refractivity contribution in [2.75, 3.05) is 11.9 Å². The van der Waals surface area contributed by atoms with Crippen molar-refractivity contribution >= 4 is 17.5 Å². The molecule has 0 saturated heterocycles. The molecule has 0 aliphatic carbocycles. The average Bonchev–Trinajstić information content (AvgIpc) is 2.54. The lowest BCUT2D eigenvalue weighted by molar-refractivity contribution is -0.173. The van der Waals surface area contributed by atoms with Crippen LogP contribution in [0.2, 0.25) is 0 Å². The third-order valence-corrected chi connectivity index (χ3v) is 2.78. The van der Waals surface area contributed by atoms with E-state index in [4.69, 9.17) is 4.74 Å². The predicted octanol–water partition coefficient (Wildman–Crippen LogP) is 3.10. The molecule has 2 N–H and O–H groups in total. The highest BCUT2D eigenvalue weighted by Crippen LogP contribution is 2.22. The smallest absolute Gasteiger partial charge is 0.457 e. The molecule has 8 heteroatoms. The zero-order valence-corrected chi connectivity index (χ0v) is 12.3. The first-order valence-electron chi connectivity index (χ1n) is 6.82. The van der Waals surface area contributed by atoms with E-state index >= 15 is 0 Å². The van der Waals surface area contributed by atoms with Crippen molar-refractivity contribution in [2.45, 2.75) is 6.18 Å². The summed E-state index contributed by atoms with van der Waals surface area (Å²) in [6, 6.07) is 15.3. The number of alkyl halides is 3. The van der Waals surface area contributed by atoms with E-state index in [1.165, 1.54) is 17.4 Å². The maximum absolute atomic E-state index is 12.0. The number of halogens is 3. The van der Waals surface area contributed by atoms with E-state index < -0.39 is 24.5 Å². The number of carbonyl (C=O) groups excluding carboxylic acids is 2. The lowest BCUT2D eigenvalue weighted by Crippen LogP contribution is -2.41. The van der Waals surface area contributed by atoms with Crippen LogP contribution in [0.15, 0.2) is 54.6 Å². The Labute approximate surface area is 135 Å². The van der Waals surface area contributed by atoms with Crippen molar-refractivity contribution in [3.8, 4) is 11.5 Å². The molecule has 2 aromatic carbocycles. The van der Waals surface area contributed by atoms with Gasteiger partial charge < -0.3 is 15.4 Å². The molecule has 126 valence electrons. The summed E-state index contributed by atoms with van der Waals surface area (Å²) in [5, 5.41) is 3.85. The van der Waals surface area contributed by atoms with Crippen LogP contribution in [-0.2, 0) is 9.59 Å². The Morgan fingerprint density at radius 3 is 2.08 bits per heavy atom. The molecular formula is C16H13F3N2O3. The predicted molar refractivity (Wildman–Crippen MR) is 80.7 cm³/mol. The minimum absolute atomic E-state index is 0.363. The fraction of sp³-hybridized carbons (Fsp3) is 0.125. The number of anilines is 1. The van der Waals surface area contributed by atoms with Gasteiger partial charge >= 0.3 is 12.1 Å². The van der Waals surface area contributed by atoms with E-state index in [2.05, 4.69) is 5.32 Å². The number of nitrogens with one attached hydrogen (secondary N) is 2. The maximum atomic E-state index is 12.0. The third-order valence-electron chi connectivity index (χ3n) is 2.78. The molecule has 0 radical (unpaired) electrons. The van der Waals surface area contributed by atoms with Crippen LogP contribution >= 0.6 is 0 Å². The fourth-order valence-electron chi connectivity index (χ4n) is 1.70.